The van der Waals surface area contributed by atoms with E-state index in [4.69, 9.17) is 19.9 Å². The van der Waals surface area contributed by atoms with Crippen LogP contribution in [0.25, 0.3) is 22.5 Å². The number of hydrogen-bond donors (Lipinski definition) is 1. The third-order valence-corrected chi connectivity index (χ3v) is 4.08. The molecule has 0 aliphatic carbocycles. The summed E-state index contributed by atoms with van der Waals surface area (Å²) in [6.07, 6.45) is 1.67. The lowest BCUT2D eigenvalue weighted by Gasteiger charge is -2.17. The molecule has 0 atom stereocenters. The third-order valence-electron chi connectivity index (χ3n) is 4.08. The number of rotatable bonds is 5. The fourth-order valence-corrected chi connectivity index (χ4v) is 2.85. The smallest absolute Gasteiger partial charge is 0.203 e. The molecule has 0 saturated carbocycles. The molecule has 2 N–H and O–H groups in total. The van der Waals surface area contributed by atoms with Crippen LogP contribution in [-0.4, -0.2) is 31.3 Å². The minimum absolute atomic E-state index is 0.118. The fourth-order valence-electron chi connectivity index (χ4n) is 2.85. The summed E-state index contributed by atoms with van der Waals surface area (Å²) in [6, 6.07) is 12.9. The Hall–Kier alpha value is -3.79. The zero-order chi connectivity index (χ0) is 19.4. The van der Waals surface area contributed by atoms with E-state index >= 15 is 0 Å². The summed E-state index contributed by atoms with van der Waals surface area (Å²) in [5, 5.41) is 9.63. The van der Waals surface area contributed by atoms with Crippen molar-refractivity contribution in [2.45, 2.75) is 0 Å². The SMILES string of the molecule is COc1ccc(-c2cc(-c3ccccn3)nc(N)c2C#N)c(OC)c1OC. The van der Waals surface area contributed by atoms with Crippen LogP contribution in [0, 0.1) is 11.3 Å². The molecule has 0 unspecified atom stereocenters. The lowest BCUT2D eigenvalue weighted by Crippen LogP contribution is -2.02. The van der Waals surface area contributed by atoms with Gasteiger partial charge < -0.3 is 19.9 Å². The molecule has 3 aromatic rings. The molecule has 2 heterocycles. The van der Waals surface area contributed by atoms with Gasteiger partial charge in [-0.15, -0.1) is 0 Å². The van der Waals surface area contributed by atoms with Crippen molar-refractivity contribution in [3.8, 4) is 45.8 Å². The second-order valence-electron chi connectivity index (χ2n) is 5.52. The molecule has 27 heavy (non-hydrogen) atoms. The summed E-state index contributed by atoms with van der Waals surface area (Å²) >= 11 is 0. The Balaban J connectivity index is 2.31. The molecule has 0 radical (unpaired) electrons. The van der Waals surface area contributed by atoms with Gasteiger partial charge in [-0.2, -0.15) is 5.26 Å². The number of nitrogen functional groups attached to an aromatic ring is 1. The van der Waals surface area contributed by atoms with Gasteiger partial charge in [0.1, 0.15) is 17.5 Å². The summed E-state index contributed by atoms with van der Waals surface area (Å²) in [6.45, 7) is 0. The highest BCUT2D eigenvalue weighted by Crippen LogP contribution is 2.46. The van der Waals surface area contributed by atoms with Crippen LogP contribution in [0.5, 0.6) is 17.2 Å². The normalized spacial score (nSPS) is 10.1. The van der Waals surface area contributed by atoms with Gasteiger partial charge in [-0.1, -0.05) is 6.07 Å². The first-order valence-corrected chi connectivity index (χ1v) is 8.06. The number of hydrogen-bond acceptors (Lipinski definition) is 7. The van der Waals surface area contributed by atoms with E-state index in [9.17, 15) is 5.26 Å². The summed E-state index contributed by atoms with van der Waals surface area (Å²) in [4.78, 5) is 8.64. The van der Waals surface area contributed by atoms with Gasteiger partial charge in [0.25, 0.3) is 0 Å². The molecular formula is C20H18N4O3. The number of pyridine rings is 2. The standard InChI is InChI=1S/C20H18N4O3/c1-25-17-8-7-12(18(26-2)19(17)27-3)13-10-16(15-6-4-5-9-23-15)24-20(22)14(13)11-21/h4-10H,1-3H3,(H2,22,24). The van der Waals surface area contributed by atoms with Gasteiger partial charge in [-0.3, -0.25) is 4.98 Å². The molecule has 0 spiro atoms. The second kappa shape index (κ2) is 7.62. The van der Waals surface area contributed by atoms with E-state index in [2.05, 4.69) is 16.0 Å². The van der Waals surface area contributed by atoms with Crippen molar-refractivity contribution < 1.29 is 14.2 Å². The van der Waals surface area contributed by atoms with Crippen LogP contribution in [-0.2, 0) is 0 Å². The molecule has 0 amide bonds. The first kappa shape index (κ1) is 18.0. The molecule has 2 aromatic heterocycles. The van der Waals surface area contributed by atoms with E-state index in [1.807, 2.05) is 18.2 Å². The molecule has 7 nitrogen and oxygen atoms in total. The highest BCUT2D eigenvalue weighted by molar-refractivity contribution is 5.85. The van der Waals surface area contributed by atoms with Crippen molar-refractivity contribution in [2.24, 2.45) is 0 Å². The number of nitrogens with zero attached hydrogens (tertiary/aromatic N) is 3. The van der Waals surface area contributed by atoms with Crippen molar-refractivity contribution in [1.82, 2.24) is 9.97 Å². The summed E-state index contributed by atoms with van der Waals surface area (Å²) in [5.41, 5.74) is 8.73. The number of anilines is 1. The minimum atomic E-state index is 0.118. The predicted octanol–water partition coefficient (Wildman–Crippen LogP) is 3.29. The lowest BCUT2D eigenvalue weighted by molar-refractivity contribution is 0.325. The Morgan fingerprint density at radius 1 is 0.926 bits per heavy atom. The molecule has 1 aromatic carbocycles. The van der Waals surface area contributed by atoms with Gasteiger partial charge in [-0.05, 0) is 30.3 Å². The Bertz CT molecular complexity index is 1010. The number of methoxy groups -OCH3 is 3. The van der Waals surface area contributed by atoms with Crippen molar-refractivity contribution in [3.05, 3.63) is 48.2 Å². The van der Waals surface area contributed by atoms with E-state index in [1.165, 1.54) is 14.2 Å². The van der Waals surface area contributed by atoms with Gasteiger partial charge >= 0.3 is 0 Å². The second-order valence-corrected chi connectivity index (χ2v) is 5.52. The maximum atomic E-state index is 9.63. The average molecular weight is 362 g/mol. The van der Waals surface area contributed by atoms with Crippen LogP contribution >= 0.6 is 0 Å². The quantitative estimate of drug-likeness (QED) is 0.743. The Morgan fingerprint density at radius 3 is 2.30 bits per heavy atom. The monoisotopic (exact) mass is 362 g/mol. The van der Waals surface area contributed by atoms with Crippen LogP contribution < -0.4 is 19.9 Å². The van der Waals surface area contributed by atoms with Crippen LogP contribution in [0.4, 0.5) is 5.82 Å². The van der Waals surface area contributed by atoms with Gasteiger partial charge in [0.05, 0.1) is 32.7 Å². The zero-order valence-corrected chi connectivity index (χ0v) is 15.2. The molecular weight excluding hydrogens is 344 g/mol. The Kier molecular flexibility index (Phi) is 5.08. The maximum Gasteiger partial charge on any atom is 0.203 e. The van der Waals surface area contributed by atoms with Crippen molar-refractivity contribution in [1.29, 1.82) is 5.26 Å². The summed E-state index contributed by atoms with van der Waals surface area (Å²) < 4.78 is 16.3. The number of ether oxygens (including phenoxy) is 3. The molecule has 136 valence electrons. The van der Waals surface area contributed by atoms with E-state index < -0.39 is 0 Å². The lowest BCUT2D eigenvalue weighted by atomic mass is 9.98. The van der Waals surface area contributed by atoms with Gasteiger partial charge in [0.15, 0.2) is 11.5 Å². The number of nitrogens with two attached hydrogens (primary N) is 1. The number of nitriles is 1. The zero-order valence-electron chi connectivity index (χ0n) is 15.2. The number of aromatic nitrogens is 2. The van der Waals surface area contributed by atoms with Crippen molar-refractivity contribution in [2.75, 3.05) is 27.1 Å². The largest absolute Gasteiger partial charge is 0.493 e. The Labute approximate surface area is 157 Å². The van der Waals surface area contributed by atoms with Gasteiger partial charge in [0.2, 0.25) is 5.75 Å². The molecule has 3 rings (SSSR count). The Morgan fingerprint density at radius 2 is 1.70 bits per heavy atom. The third kappa shape index (κ3) is 3.20. The van der Waals surface area contributed by atoms with Crippen LogP contribution in [0.15, 0.2) is 42.6 Å². The molecule has 0 fully saturated rings. The minimum Gasteiger partial charge on any atom is -0.493 e. The molecule has 0 saturated heterocycles. The predicted molar refractivity (Wildman–Crippen MR) is 102 cm³/mol. The van der Waals surface area contributed by atoms with E-state index in [-0.39, 0.29) is 11.4 Å². The fraction of sp³-hybridized carbons (Fsp3) is 0.150. The van der Waals surface area contributed by atoms with Crippen LogP contribution in [0.2, 0.25) is 0 Å². The molecule has 0 aliphatic heterocycles. The highest BCUT2D eigenvalue weighted by atomic mass is 16.5. The maximum absolute atomic E-state index is 9.63. The van der Waals surface area contributed by atoms with E-state index in [0.29, 0.717) is 39.8 Å². The average Bonchev–Trinajstić information content (AvgIpc) is 2.72. The van der Waals surface area contributed by atoms with Crippen molar-refractivity contribution >= 4 is 5.82 Å². The van der Waals surface area contributed by atoms with Crippen LogP contribution in [0.3, 0.4) is 0 Å². The first-order valence-electron chi connectivity index (χ1n) is 8.06. The number of benzene rings is 1. The summed E-state index contributed by atoms with van der Waals surface area (Å²) in [5.74, 6) is 1.50. The highest BCUT2D eigenvalue weighted by Gasteiger charge is 2.21. The van der Waals surface area contributed by atoms with Gasteiger partial charge in [0, 0.05) is 17.3 Å². The topological polar surface area (TPSA) is 103 Å². The molecule has 7 heteroatoms. The van der Waals surface area contributed by atoms with E-state index in [0.717, 1.165) is 0 Å². The van der Waals surface area contributed by atoms with Crippen molar-refractivity contribution in [3.63, 3.8) is 0 Å². The van der Waals surface area contributed by atoms with E-state index in [1.54, 1.807) is 31.5 Å². The molecule has 0 bridgehead atoms. The van der Waals surface area contributed by atoms with Crippen LogP contribution in [0.1, 0.15) is 5.56 Å². The van der Waals surface area contributed by atoms with Gasteiger partial charge in [-0.25, -0.2) is 4.98 Å². The first-order chi connectivity index (χ1) is 13.1. The molecule has 0 aliphatic rings. The summed E-state index contributed by atoms with van der Waals surface area (Å²) in [7, 11) is 4.59.